The summed E-state index contributed by atoms with van der Waals surface area (Å²) in [5, 5.41) is 3.37. The lowest BCUT2D eigenvalue weighted by Crippen LogP contribution is -2.10. The summed E-state index contributed by atoms with van der Waals surface area (Å²) < 4.78 is 0. The fraction of sp³-hybridized carbons (Fsp3) is 0.231. The van der Waals surface area contributed by atoms with Gasteiger partial charge in [-0.2, -0.15) is 0 Å². The Labute approximate surface area is 95.6 Å². The molecule has 1 aromatic carbocycles. The van der Waals surface area contributed by atoms with Crippen LogP contribution < -0.4 is 5.32 Å². The lowest BCUT2D eigenvalue weighted by molar-refractivity contribution is 0.743. The van der Waals surface area contributed by atoms with Crippen molar-refractivity contribution in [2.75, 3.05) is 5.32 Å². The summed E-state index contributed by atoms with van der Waals surface area (Å²) in [6.07, 6.45) is 6.13. The summed E-state index contributed by atoms with van der Waals surface area (Å²) in [4.78, 5) is 8.26. The molecule has 2 rings (SSSR count). The van der Waals surface area contributed by atoms with Gasteiger partial charge in [0.25, 0.3) is 0 Å². The van der Waals surface area contributed by atoms with Crippen LogP contribution in [0.1, 0.15) is 24.9 Å². The molecule has 0 spiro atoms. The molecule has 0 amide bonds. The topological polar surface area (TPSA) is 37.8 Å². The average Bonchev–Trinajstić information content (AvgIpc) is 2.38. The molecule has 1 heterocycles. The van der Waals surface area contributed by atoms with Gasteiger partial charge in [-0.05, 0) is 12.0 Å². The molecule has 1 N–H and O–H groups in total. The molecule has 3 heteroatoms. The molecule has 1 atom stereocenters. The molecule has 82 valence electrons. The standard InChI is InChI=1S/C13H15N3/c1-2-12(11-6-4-3-5-7-11)16-13-10-14-8-9-15-13/h3-10,12H,2H2,1H3,(H,15,16). The average molecular weight is 213 g/mol. The highest BCUT2D eigenvalue weighted by Crippen LogP contribution is 2.20. The van der Waals surface area contributed by atoms with Crippen LogP contribution in [0.4, 0.5) is 5.82 Å². The van der Waals surface area contributed by atoms with E-state index in [1.165, 1.54) is 5.56 Å². The molecule has 0 bridgehead atoms. The van der Waals surface area contributed by atoms with Gasteiger partial charge in [-0.15, -0.1) is 0 Å². The van der Waals surface area contributed by atoms with Crippen molar-refractivity contribution < 1.29 is 0 Å². The van der Waals surface area contributed by atoms with Crippen molar-refractivity contribution in [1.82, 2.24) is 9.97 Å². The van der Waals surface area contributed by atoms with Gasteiger partial charge in [0.05, 0.1) is 12.2 Å². The first kappa shape index (κ1) is 10.6. The van der Waals surface area contributed by atoms with Gasteiger partial charge < -0.3 is 5.32 Å². The van der Waals surface area contributed by atoms with Crippen LogP contribution in [0.3, 0.4) is 0 Å². The largest absolute Gasteiger partial charge is 0.362 e. The summed E-state index contributed by atoms with van der Waals surface area (Å²) in [5.41, 5.74) is 1.27. The first-order valence-electron chi connectivity index (χ1n) is 5.47. The van der Waals surface area contributed by atoms with Gasteiger partial charge in [0, 0.05) is 12.4 Å². The molecule has 1 unspecified atom stereocenters. The third-order valence-corrected chi connectivity index (χ3v) is 2.50. The Kier molecular flexibility index (Phi) is 3.49. The Morgan fingerprint density at radius 3 is 2.62 bits per heavy atom. The van der Waals surface area contributed by atoms with Gasteiger partial charge in [0.15, 0.2) is 0 Å². The fourth-order valence-electron chi connectivity index (χ4n) is 1.66. The SMILES string of the molecule is CCC(Nc1cnccn1)c1ccccc1. The van der Waals surface area contributed by atoms with Crippen LogP contribution >= 0.6 is 0 Å². The number of anilines is 1. The first-order chi connectivity index (χ1) is 7.90. The van der Waals surface area contributed by atoms with Crippen molar-refractivity contribution in [3.05, 3.63) is 54.5 Å². The number of hydrogen-bond donors (Lipinski definition) is 1. The Hall–Kier alpha value is -1.90. The monoisotopic (exact) mass is 213 g/mol. The van der Waals surface area contributed by atoms with Crippen LogP contribution in [-0.4, -0.2) is 9.97 Å². The molecule has 0 saturated carbocycles. The van der Waals surface area contributed by atoms with E-state index in [-0.39, 0.29) is 6.04 Å². The Morgan fingerprint density at radius 2 is 2.00 bits per heavy atom. The van der Waals surface area contributed by atoms with E-state index in [0.717, 1.165) is 12.2 Å². The highest BCUT2D eigenvalue weighted by molar-refractivity contribution is 5.35. The number of rotatable bonds is 4. The van der Waals surface area contributed by atoms with Crippen LogP contribution in [0.25, 0.3) is 0 Å². The zero-order valence-electron chi connectivity index (χ0n) is 9.30. The predicted molar refractivity (Wildman–Crippen MR) is 65.1 cm³/mol. The number of hydrogen-bond acceptors (Lipinski definition) is 3. The van der Waals surface area contributed by atoms with Crippen molar-refractivity contribution in [1.29, 1.82) is 0 Å². The zero-order chi connectivity index (χ0) is 11.2. The second-order valence-corrected chi connectivity index (χ2v) is 3.61. The zero-order valence-corrected chi connectivity index (χ0v) is 9.30. The Bertz CT molecular complexity index is 414. The quantitative estimate of drug-likeness (QED) is 0.848. The van der Waals surface area contributed by atoms with E-state index in [1.807, 2.05) is 6.07 Å². The van der Waals surface area contributed by atoms with Crippen LogP contribution in [-0.2, 0) is 0 Å². The lowest BCUT2D eigenvalue weighted by Gasteiger charge is -2.17. The summed E-state index contributed by atoms with van der Waals surface area (Å²) in [7, 11) is 0. The van der Waals surface area contributed by atoms with Crippen LogP contribution in [0.5, 0.6) is 0 Å². The third kappa shape index (κ3) is 2.57. The normalized spacial score (nSPS) is 12.1. The summed E-state index contributed by atoms with van der Waals surface area (Å²) in [6, 6.07) is 10.7. The fourth-order valence-corrected chi connectivity index (χ4v) is 1.66. The van der Waals surface area contributed by atoms with Gasteiger partial charge >= 0.3 is 0 Å². The van der Waals surface area contributed by atoms with Crippen molar-refractivity contribution in [2.24, 2.45) is 0 Å². The molecule has 16 heavy (non-hydrogen) atoms. The van der Waals surface area contributed by atoms with Crippen molar-refractivity contribution >= 4 is 5.82 Å². The van der Waals surface area contributed by atoms with E-state index in [4.69, 9.17) is 0 Å². The third-order valence-electron chi connectivity index (χ3n) is 2.50. The van der Waals surface area contributed by atoms with Gasteiger partial charge in [0.1, 0.15) is 5.82 Å². The minimum absolute atomic E-state index is 0.290. The molecule has 0 fully saturated rings. The van der Waals surface area contributed by atoms with Crippen molar-refractivity contribution in [3.63, 3.8) is 0 Å². The van der Waals surface area contributed by atoms with E-state index >= 15 is 0 Å². The number of benzene rings is 1. The predicted octanol–water partition coefficient (Wildman–Crippen LogP) is 3.04. The second-order valence-electron chi connectivity index (χ2n) is 3.61. The first-order valence-corrected chi connectivity index (χ1v) is 5.47. The van der Waals surface area contributed by atoms with Gasteiger partial charge in [-0.25, -0.2) is 4.98 Å². The number of nitrogens with one attached hydrogen (secondary N) is 1. The molecule has 2 aromatic rings. The summed E-state index contributed by atoms with van der Waals surface area (Å²) in [6.45, 7) is 2.15. The Morgan fingerprint density at radius 1 is 1.19 bits per heavy atom. The minimum atomic E-state index is 0.290. The van der Waals surface area contributed by atoms with Gasteiger partial charge in [-0.1, -0.05) is 37.3 Å². The minimum Gasteiger partial charge on any atom is -0.362 e. The molecular weight excluding hydrogens is 198 g/mol. The molecule has 0 aliphatic rings. The van der Waals surface area contributed by atoms with Crippen LogP contribution in [0, 0.1) is 0 Å². The highest BCUT2D eigenvalue weighted by Gasteiger charge is 2.08. The van der Waals surface area contributed by atoms with Crippen LogP contribution in [0.15, 0.2) is 48.9 Å². The maximum absolute atomic E-state index is 4.22. The number of nitrogens with zero attached hydrogens (tertiary/aromatic N) is 2. The molecule has 0 saturated heterocycles. The van der Waals surface area contributed by atoms with E-state index < -0.39 is 0 Å². The highest BCUT2D eigenvalue weighted by atomic mass is 15.0. The molecular formula is C13H15N3. The molecule has 3 nitrogen and oxygen atoms in total. The van der Waals surface area contributed by atoms with Crippen molar-refractivity contribution in [3.8, 4) is 0 Å². The van der Waals surface area contributed by atoms with Crippen LogP contribution in [0.2, 0.25) is 0 Å². The van der Waals surface area contributed by atoms with E-state index in [2.05, 4.69) is 46.5 Å². The smallest absolute Gasteiger partial charge is 0.144 e. The molecule has 0 aliphatic carbocycles. The van der Waals surface area contributed by atoms with E-state index in [9.17, 15) is 0 Å². The molecule has 1 aromatic heterocycles. The maximum atomic E-state index is 4.22. The number of aromatic nitrogens is 2. The lowest BCUT2D eigenvalue weighted by atomic mass is 10.1. The molecule has 0 radical (unpaired) electrons. The van der Waals surface area contributed by atoms with Gasteiger partial charge in [0.2, 0.25) is 0 Å². The maximum Gasteiger partial charge on any atom is 0.144 e. The second kappa shape index (κ2) is 5.26. The van der Waals surface area contributed by atoms with Gasteiger partial charge in [-0.3, -0.25) is 4.98 Å². The summed E-state index contributed by atoms with van der Waals surface area (Å²) >= 11 is 0. The van der Waals surface area contributed by atoms with E-state index in [1.54, 1.807) is 18.6 Å². The Balaban J connectivity index is 2.13. The summed E-state index contributed by atoms with van der Waals surface area (Å²) in [5.74, 6) is 0.818. The van der Waals surface area contributed by atoms with E-state index in [0.29, 0.717) is 0 Å². The molecule has 0 aliphatic heterocycles. The van der Waals surface area contributed by atoms with Crippen molar-refractivity contribution in [2.45, 2.75) is 19.4 Å².